The van der Waals surface area contributed by atoms with E-state index in [1.54, 1.807) is 0 Å². The highest BCUT2D eigenvalue weighted by Crippen LogP contribution is 2.73. The van der Waals surface area contributed by atoms with Crippen LogP contribution in [0.25, 0.3) is 0 Å². The first-order valence-electron chi connectivity index (χ1n) is 10.5. The average Bonchev–Trinajstić information content (AvgIpc) is 3.18. The van der Waals surface area contributed by atoms with Crippen LogP contribution < -0.4 is 4.90 Å². The highest BCUT2D eigenvalue weighted by atomic mass is 16.4. The summed E-state index contributed by atoms with van der Waals surface area (Å²) in [5.74, 6) is 4.93. The van der Waals surface area contributed by atoms with Crippen LogP contribution in [0.3, 0.4) is 0 Å². The van der Waals surface area contributed by atoms with E-state index in [-0.39, 0.29) is 0 Å². The van der Waals surface area contributed by atoms with Crippen molar-refractivity contribution in [1.82, 2.24) is 15.1 Å². The minimum absolute atomic E-state index is 0.404. The van der Waals surface area contributed by atoms with Gasteiger partial charge >= 0.3 is 6.01 Å². The SMILES string of the molecule is Cc1nnc(N2CCC3(CCN(C(=O)C4C5CC6C(C5)C64)CC3)CC2)o1. The summed E-state index contributed by atoms with van der Waals surface area (Å²) in [4.78, 5) is 17.5. The lowest BCUT2D eigenvalue weighted by molar-refractivity contribution is -0.139. The molecule has 4 aliphatic carbocycles. The van der Waals surface area contributed by atoms with E-state index in [1.807, 2.05) is 6.92 Å². The van der Waals surface area contributed by atoms with Gasteiger partial charge in [-0.15, -0.1) is 5.10 Å². The topological polar surface area (TPSA) is 62.5 Å². The Morgan fingerprint density at radius 1 is 1.04 bits per heavy atom. The number of nitrogens with zero attached hydrogens (tertiary/aromatic N) is 4. The molecule has 6 aliphatic rings. The number of amides is 1. The summed E-state index contributed by atoms with van der Waals surface area (Å²) in [5, 5.41) is 8.11. The summed E-state index contributed by atoms with van der Waals surface area (Å²) in [5.41, 5.74) is 0.419. The van der Waals surface area contributed by atoms with Gasteiger partial charge in [0, 0.05) is 39.0 Å². The number of carbonyl (C=O) groups excluding carboxylic acids is 1. The second-order valence-corrected chi connectivity index (χ2v) is 9.58. The maximum atomic E-state index is 13.1. The maximum absolute atomic E-state index is 13.1. The van der Waals surface area contributed by atoms with E-state index >= 15 is 0 Å². The van der Waals surface area contributed by atoms with Crippen molar-refractivity contribution in [3.05, 3.63) is 5.89 Å². The predicted molar refractivity (Wildman–Crippen MR) is 95.4 cm³/mol. The summed E-state index contributed by atoms with van der Waals surface area (Å²) in [6.07, 6.45) is 7.41. The standard InChI is InChI=1S/C20H28N4O2/c1-12-21-22-19(26-12)24-8-4-20(5-9-24)2-6-23(7-3-20)18(25)16-13-10-14-15(11-13)17(14)16/h13-17H,2-11H2,1H3. The monoisotopic (exact) mass is 356 g/mol. The molecule has 3 heterocycles. The van der Waals surface area contributed by atoms with Crippen LogP contribution in [0.5, 0.6) is 0 Å². The normalized spacial score (nSPS) is 39.7. The Labute approximate surface area is 154 Å². The fraction of sp³-hybridized carbons (Fsp3) is 0.850. The van der Waals surface area contributed by atoms with Crippen molar-refractivity contribution in [2.75, 3.05) is 31.1 Å². The summed E-state index contributed by atoms with van der Waals surface area (Å²) in [7, 11) is 0. The van der Waals surface area contributed by atoms with Crippen molar-refractivity contribution in [3.8, 4) is 0 Å². The second kappa shape index (κ2) is 5.23. The van der Waals surface area contributed by atoms with Crippen LogP contribution in [-0.2, 0) is 4.79 Å². The lowest BCUT2D eigenvalue weighted by Crippen LogP contribution is -2.49. The van der Waals surface area contributed by atoms with Gasteiger partial charge in [0.1, 0.15) is 0 Å². The van der Waals surface area contributed by atoms with E-state index in [1.165, 1.54) is 38.5 Å². The fourth-order valence-electron chi connectivity index (χ4n) is 6.94. The van der Waals surface area contributed by atoms with Gasteiger partial charge in [0.2, 0.25) is 11.8 Å². The first-order chi connectivity index (χ1) is 12.6. The molecule has 0 N–H and O–H groups in total. The highest BCUT2D eigenvalue weighted by molar-refractivity contribution is 5.81. The van der Waals surface area contributed by atoms with Gasteiger partial charge < -0.3 is 14.2 Å². The average molecular weight is 356 g/mol. The number of rotatable bonds is 2. The van der Waals surface area contributed by atoms with Gasteiger partial charge in [-0.25, -0.2) is 0 Å². The molecule has 1 spiro atoms. The van der Waals surface area contributed by atoms with E-state index < -0.39 is 0 Å². The zero-order valence-electron chi connectivity index (χ0n) is 15.6. The van der Waals surface area contributed by atoms with Crippen molar-refractivity contribution < 1.29 is 9.21 Å². The Morgan fingerprint density at radius 3 is 2.23 bits per heavy atom. The van der Waals surface area contributed by atoms with E-state index in [4.69, 9.17) is 4.42 Å². The van der Waals surface area contributed by atoms with Crippen molar-refractivity contribution >= 4 is 11.9 Å². The van der Waals surface area contributed by atoms with Gasteiger partial charge in [-0.3, -0.25) is 4.79 Å². The smallest absolute Gasteiger partial charge is 0.318 e. The number of hydrogen-bond donors (Lipinski definition) is 0. The summed E-state index contributed by atoms with van der Waals surface area (Å²) in [6, 6.07) is 0.671. The first kappa shape index (κ1) is 15.5. The summed E-state index contributed by atoms with van der Waals surface area (Å²) in [6.45, 7) is 5.78. The molecular formula is C20H28N4O2. The predicted octanol–water partition coefficient (Wildman–Crippen LogP) is 2.49. The largest absolute Gasteiger partial charge is 0.408 e. The molecule has 2 aliphatic heterocycles. The van der Waals surface area contributed by atoms with Crippen LogP contribution in [0.4, 0.5) is 6.01 Å². The molecule has 1 aromatic heterocycles. The zero-order valence-corrected chi connectivity index (χ0v) is 15.6. The fourth-order valence-corrected chi connectivity index (χ4v) is 6.94. The third-order valence-electron chi connectivity index (χ3n) is 8.50. The molecule has 6 heteroatoms. The number of anilines is 1. The van der Waals surface area contributed by atoms with Gasteiger partial charge in [-0.2, -0.15) is 0 Å². The molecule has 1 aromatic rings. The summed E-state index contributed by atoms with van der Waals surface area (Å²) >= 11 is 0. The molecule has 6 fully saturated rings. The molecule has 2 saturated heterocycles. The Hall–Kier alpha value is -1.59. The molecule has 7 rings (SSSR count). The first-order valence-corrected chi connectivity index (χ1v) is 10.5. The minimum Gasteiger partial charge on any atom is -0.408 e. The van der Waals surface area contributed by atoms with Crippen molar-refractivity contribution in [1.29, 1.82) is 0 Å². The molecule has 6 nitrogen and oxygen atoms in total. The van der Waals surface area contributed by atoms with Crippen LogP contribution in [0.1, 0.15) is 44.4 Å². The van der Waals surface area contributed by atoms with Crippen molar-refractivity contribution in [3.63, 3.8) is 0 Å². The quantitative estimate of drug-likeness (QED) is 0.815. The number of aryl methyl sites for hydroxylation is 1. The lowest BCUT2D eigenvalue weighted by Gasteiger charge is -2.47. The third-order valence-corrected chi connectivity index (χ3v) is 8.50. The van der Waals surface area contributed by atoms with Gasteiger partial charge in [0.25, 0.3) is 0 Å². The molecule has 4 bridgehead atoms. The number of likely N-dealkylation sites (tertiary alicyclic amines) is 1. The van der Waals surface area contributed by atoms with E-state index in [9.17, 15) is 4.79 Å². The van der Waals surface area contributed by atoms with E-state index in [2.05, 4.69) is 20.0 Å². The van der Waals surface area contributed by atoms with Crippen LogP contribution in [0, 0.1) is 41.9 Å². The van der Waals surface area contributed by atoms with Crippen LogP contribution in [0.2, 0.25) is 0 Å². The minimum atomic E-state index is 0.404. The molecule has 0 radical (unpaired) electrons. The number of carbonyl (C=O) groups is 1. The van der Waals surface area contributed by atoms with Crippen LogP contribution >= 0.6 is 0 Å². The van der Waals surface area contributed by atoms with E-state index in [0.29, 0.717) is 29.1 Å². The number of aromatic nitrogens is 2. The lowest BCUT2D eigenvalue weighted by atomic mass is 9.71. The Morgan fingerprint density at radius 2 is 1.69 bits per heavy atom. The van der Waals surface area contributed by atoms with Crippen LogP contribution in [-0.4, -0.2) is 47.2 Å². The molecule has 0 aromatic carbocycles. The molecule has 4 saturated carbocycles. The van der Waals surface area contributed by atoms with Gasteiger partial charge in [-0.1, -0.05) is 5.10 Å². The number of hydrogen-bond acceptors (Lipinski definition) is 5. The Bertz CT molecular complexity index is 714. The summed E-state index contributed by atoms with van der Waals surface area (Å²) < 4.78 is 5.58. The highest BCUT2D eigenvalue weighted by Gasteiger charge is 2.70. The van der Waals surface area contributed by atoms with Crippen molar-refractivity contribution in [2.24, 2.45) is 35.0 Å². The zero-order chi connectivity index (χ0) is 17.5. The van der Waals surface area contributed by atoms with Gasteiger partial charge in [-0.05, 0) is 67.6 Å². The van der Waals surface area contributed by atoms with Gasteiger partial charge in [0.05, 0.1) is 0 Å². The molecule has 3 atom stereocenters. The van der Waals surface area contributed by atoms with Crippen LogP contribution in [0.15, 0.2) is 4.42 Å². The number of piperidine rings is 2. The second-order valence-electron chi connectivity index (χ2n) is 9.58. The molecular weight excluding hydrogens is 328 g/mol. The molecule has 3 unspecified atom stereocenters. The Kier molecular flexibility index (Phi) is 3.11. The molecule has 1 amide bonds. The van der Waals surface area contributed by atoms with E-state index in [0.717, 1.165) is 49.9 Å². The van der Waals surface area contributed by atoms with Gasteiger partial charge in [0.15, 0.2) is 0 Å². The Balaban J connectivity index is 1.06. The third kappa shape index (κ3) is 2.13. The maximum Gasteiger partial charge on any atom is 0.318 e. The van der Waals surface area contributed by atoms with Crippen molar-refractivity contribution in [2.45, 2.75) is 45.4 Å². The molecule has 26 heavy (non-hydrogen) atoms. The molecule has 140 valence electrons.